The largest absolute Gasteiger partial charge is 0.545 e. The van der Waals surface area contributed by atoms with Gasteiger partial charge in [0.05, 0.1) is 56.2 Å². The number of carbonyl (C=O) groups is 3. The molecule has 0 heterocycles. The molecule has 0 saturated carbocycles. The van der Waals surface area contributed by atoms with Gasteiger partial charge in [-0.2, -0.15) is 0 Å². The van der Waals surface area contributed by atoms with Crippen molar-refractivity contribution < 1.29 is 60.4 Å². The number of rotatable bonds is 12. The number of hydrogen-bond acceptors (Lipinski definition) is 6. The zero-order chi connectivity index (χ0) is 75.9. The highest BCUT2D eigenvalue weighted by Crippen LogP contribution is 2.36. The Labute approximate surface area is 613 Å². The van der Waals surface area contributed by atoms with E-state index in [4.69, 9.17) is 0 Å². The Balaban J connectivity index is 0.000000180. The van der Waals surface area contributed by atoms with Crippen molar-refractivity contribution in [2.24, 2.45) is 0 Å². The SMILES string of the molecule is CC(C)(C)c1ccc([S+](c2ccccc2)c2ccccc2)cc1.CC(C)(C)c1ccc([S+](c2ccccc2)c2ccccc2)cc1.CC(C)(C)c1ccc([S+](c2ccccc2)c2ccccc2)cc1.Cc1ccc(F)cc1C(=O)[O-].O=C([O-])c1c(F)c(F)c(F)c(F)c1F.O=C([O-])c1ccccc1F. The van der Waals surface area contributed by atoms with Crippen LogP contribution >= 0.6 is 0 Å². The smallest absolute Gasteiger partial charge is 0.200 e. The fraction of sp³-hybridized carbons (Fsp3) is 0.148. The zero-order valence-electron chi connectivity index (χ0n) is 59.1. The monoisotopic (exact) mass is 1460 g/mol. The van der Waals surface area contributed by atoms with E-state index in [0.29, 0.717) is 5.56 Å². The summed E-state index contributed by atoms with van der Waals surface area (Å²) >= 11 is 0. The molecule has 16 heteroatoms. The second-order valence-electron chi connectivity index (χ2n) is 26.4. The lowest BCUT2D eigenvalue weighted by Gasteiger charge is -2.19. The molecule has 0 bridgehead atoms. The number of aromatic carboxylic acids is 3. The second kappa shape index (κ2) is 37.7. The topological polar surface area (TPSA) is 120 Å². The average Bonchev–Trinajstić information content (AvgIpc) is 0.739. The fourth-order valence-corrected chi connectivity index (χ4v) is 16.3. The van der Waals surface area contributed by atoms with Gasteiger partial charge in [-0.1, -0.05) is 232 Å². The highest BCUT2D eigenvalue weighted by atomic mass is 32.2. The number of hydrogen-bond donors (Lipinski definition) is 0. The van der Waals surface area contributed by atoms with Crippen molar-refractivity contribution in [2.45, 2.75) is 130 Å². The summed E-state index contributed by atoms with van der Waals surface area (Å²) in [5.41, 5.74) is 2.76. The van der Waals surface area contributed by atoms with Crippen LogP contribution in [0.5, 0.6) is 0 Å². The van der Waals surface area contributed by atoms with Crippen molar-refractivity contribution in [1.29, 1.82) is 0 Å². The van der Waals surface area contributed by atoms with Crippen LogP contribution in [0.25, 0.3) is 0 Å². The highest BCUT2D eigenvalue weighted by Gasteiger charge is 2.32. The number of halogens is 7. The summed E-state index contributed by atoms with van der Waals surface area (Å²) < 4.78 is 86.8. The summed E-state index contributed by atoms with van der Waals surface area (Å²) in [4.78, 5) is 42.7. The van der Waals surface area contributed by atoms with Crippen LogP contribution in [0.3, 0.4) is 0 Å². The first-order chi connectivity index (χ1) is 49.4. The van der Waals surface area contributed by atoms with Gasteiger partial charge in [0.25, 0.3) is 0 Å². The maximum atomic E-state index is 12.5. The Morgan fingerprint density at radius 1 is 0.269 bits per heavy atom. The number of aryl methyl sites for hydroxylation is 1. The molecule has 12 rings (SSSR count). The third-order valence-corrected chi connectivity index (χ3v) is 22.4. The Hall–Kier alpha value is -10.4. The number of benzene rings is 12. The van der Waals surface area contributed by atoms with Gasteiger partial charge in [0.1, 0.15) is 11.6 Å². The van der Waals surface area contributed by atoms with E-state index < -0.39 is 69.8 Å². The average molecular weight is 1460 g/mol. The van der Waals surface area contributed by atoms with Crippen LogP contribution in [-0.4, -0.2) is 17.9 Å². The zero-order valence-corrected chi connectivity index (χ0v) is 61.6. The van der Waals surface area contributed by atoms with Gasteiger partial charge in [-0.25, -0.2) is 30.7 Å². The molecule has 12 aromatic rings. The summed E-state index contributed by atoms with van der Waals surface area (Å²) in [5.74, 6) is -18.5. The maximum Gasteiger partial charge on any atom is 0.200 e. The molecule has 0 aliphatic carbocycles. The summed E-state index contributed by atoms with van der Waals surface area (Å²) in [7, 11) is -0.149. The molecule has 0 spiro atoms. The van der Waals surface area contributed by atoms with Gasteiger partial charge in [-0.05, 0) is 173 Å². The first-order valence-electron chi connectivity index (χ1n) is 32.9. The van der Waals surface area contributed by atoms with Crippen molar-refractivity contribution in [3.8, 4) is 0 Å². The predicted molar refractivity (Wildman–Crippen MR) is 397 cm³/mol. The molecule has 104 heavy (non-hydrogen) atoms. The van der Waals surface area contributed by atoms with Gasteiger partial charge in [0, 0.05) is 11.1 Å². The quantitative estimate of drug-likeness (QED) is 0.0520. The first-order valence-corrected chi connectivity index (χ1v) is 36.6. The predicted octanol–water partition coefficient (Wildman–Crippen LogP) is 19.7. The van der Waals surface area contributed by atoms with Crippen LogP contribution in [0.15, 0.2) is 341 Å². The number of carbonyl (C=O) groups excluding carboxylic acids is 3. The molecule has 0 aliphatic heterocycles. The molecular formula is C88H79F7O6S3. The summed E-state index contributed by atoms with van der Waals surface area (Å²) in [6, 6.07) is 101. The van der Waals surface area contributed by atoms with E-state index in [9.17, 15) is 60.4 Å². The Bertz CT molecular complexity index is 4240. The van der Waals surface area contributed by atoms with Gasteiger partial charge in [0.15, 0.2) is 67.3 Å². The molecule has 0 aliphatic rings. The molecule has 0 radical (unpaired) electrons. The van der Waals surface area contributed by atoms with E-state index in [0.717, 1.165) is 18.2 Å². The van der Waals surface area contributed by atoms with Gasteiger partial charge < -0.3 is 29.7 Å². The third-order valence-electron chi connectivity index (χ3n) is 15.7. The van der Waals surface area contributed by atoms with Gasteiger partial charge in [-0.3, -0.25) is 0 Å². The maximum absolute atomic E-state index is 12.5. The highest BCUT2D eigenvalue weighted by molar-refractivity contribution is 7.97. The number of carboxylic acid groups (broad SMARTS) is 3. The minimum atomic E-state index is -2.47. The molecule has 0 aromatic heterocycles. The van der Waals surface area contributed by atoms with Crippen molar-refractivity contribution in [2.75, 3.05) is 0 Å². The minimum Gasteiger partial charge on any atom is -0.545 e. The van der Waals surface area contributed by atoms with Crippen molar-refractivity contribution in [3.63, 3.8) is 0 Å². The van der Waals surface area contributed by atoms with E-state index in [2.05, 4.69) is 317 Å². The standard InChI is InChI=1S/3C22H23S.C8H7FO2.C7HF5O2.C7H5FO2/c3*1-22(2,3)18-14-16-21(17-15-18)23(19-10-6-4-7-11-19)20-12-8-5-9-13-20;1-5-2-3-6(9)4-7(5)8(10)11;8-2-1(7(13)14)3(9)5(11)6(12)4(2)10;8-6-4-2-1-3-5(6)7(9)10/h3*4-17H,1-3H3;2-4H,1H3,(H,10,11);(H,13,14);1-4H,(H,9,10)/q3*+1;;;/p-3. The van der Waals surface area contributed by atoms with Crippen LogP contribution in [0.1, 0.15) is 116 Å². The summed E-state index contributed by atoms with van der Waals surface area (Å²) in [6.45, 7) is 21.9. The van der Waals surface area contributed by atoms with Crippen LogP contribution in [0.4, 0.5) is 30.7 Å². The molecule has 12 aromatic carbocycles. The van der Waals surface area contributed by atoms with Crippen molar-refractivity contribution in [3.05, 3.63) is 377 Å². The lowest BCUT2D eigenvalue weighted by atomic mass is 9.87. The molecular weight excluding hydrogens is 1380 g/mol. The molecule has 6 nitrogen and oxygen atoms in total. The van der Waals surface area contributed by atoms with E-state index in [1.807, 2.05) is 0 Å². The fourth-order valence-electron chi connectivity index (χ4n) is 10.1. The van der Waals surface area contributed by atoms with Crippen LogP contribution in [0.2, 0.25) is 0 Å². The Morgan fingerprint density at radius 3 is 0.712 bits per heavy atom. The Morgan fingerprint density at radius 2 is 0.500 bits per heavy atom. The number of carboxylic acids is 3. The summed E-state index contributed by atoms with van der Waals surface area (Å²) in [5, 5.41) is 30.4. The van der Waals surface area contributed by atoms with Crippen molar-refractivity contribution >= 4 is 50.6 Å². The molecule has 0 amide bonds. The first kappa shape index (κ1) is 80.9. The van der Waals surface area contributed by atoms with Gasteiger partial charge >= 0.3 is 0 Å². The summed E-state index contributed by atoms with van der Waals surface area (Å²) in [6.07, 6.45) is 0. The van der Waals surface area contributed by atoms with E-state index in [1.54, 1.807) is 6.92 Å². The van der Waals surface area contributed by atoms with E-state index in [1.165, 1.54) is 85.0 Å². The molecule has 0 saturated heterocycles. The lowest BCUT2D eigenvalue weighted by Crippen LogP contribution is -2.26. The Kier molecular flexibility index (Phi) is 29.3. The van der Waals surface area contributed by atoms with Gasteiger partial charge in [0.2, 0.25) is 5.82 Å². The third kappa shape index (κ3) is 22.8. The van der Waals surface area contributed by atoms with E-state index >= 15 is 0 Å². The van der Waals surface area contributed by atoms with E-state index in [-0.39, 0.29) is 54.5 Å². The molecule has 0 fully saturated rings. The molecule has 534 valence electrons. The van der Waals surface area contributed by atoms with Crippen LogP contribution in [0, 0.1) is 47.6 Å². The molecule has 0 atom stereocenters. The minimum absolute atomic E-state index is 0.0497. The van der Waals surface area contributed by atoms with Crippen LogP contribution < -0.4 is 15.3 Å². The lowest BCUT2D eigenvalue weighted by molar-refractivity contribution is -0.256. The van der Waals surface area contributed by atoms with Crippen molar-refractivity contribution in [1.82, 2.24) is 0 Å². The molecule has 0 N–H and O–H groups in total. The normalized spacial score (nSPS) is 11.0. The molecule has 0 unspecified atom stereocenters. The second-order valence-corrected chi connectivity index (χ2v) is 32.4. The van der Waals surface area contributed by atoms with Crippen LogP contribution in [-0.2, 0) is 48.9 Å². The van der Waals surface area contributed by atoms with Gasteiger partial charge in [-0.15, -0.1) is 0 Å².